The Balaban J connectivity index is 1.77. The van der Waals surface area contributed by atoms with Crippen LogP contribution in [0.25, 0.3) is 0 Å². The SMILES string of the molecule is CCNc1ccc(NC(=O)CN(C)C)cc1N=C1S/C(=C(\C)N(C)c2cc(OC)ccc2S)C(=O)N1Cc1ccccc1. The lowest BCUT2D eigenvalue weighted by Crippen LogP contribution is -2.29. The smallest absolute Gasteiger partial charge is 0.268 e. The molecule has 1 aliphatic rings. The molecule has 43 heavy (non-hydrogen) atoms. The van der Waals surface area contributed by atoms with E-state index in [4.69, 9.17) is 9.73 Å². The Kier molecular flexibility index (Phi) is 10.8. The third-order valence-electron chi connectivity index (χ3n) is 6.75. The molecule has 1 fully saturated rings. The molecule has 1 saturated heterocycles. The highest BCUT2D eigenvalue weighted by molar-refractivity contribution is 8.18. The summed E-state index contributed by atoms with van der Waals surface area (Å²) in [5, 5.41) is 6.84. The van der Waals surface area contributed by atoms with Crippen LogP contribution in [0.4, 0.5) is 22.7 Å². The molecule has 0 saturated carbocycles. The fourth-order valence-corrected chi connectivity index (χ4v) is 5.84. The van der Waals surface area contributed by atoms with Gasteiger partial charge in [-0.1, -0.05) is 30.3 Å². The number of carbonyl (C=O) groups excluding carboxylic acids is 2. The molecule has 0 aliphatic carbocycles. The van der Waals surface area contributed by atoms with Crippen molar-refractivity contribution in [3.05, 3.63) is 82.9 Å². The van der Waals surface area contributed by atoms with E-state index < -0.39 is 0 Å². The van der Waals surface area contributed by atoms with E-state index in [1.807, 2.05) is 107 Å². The molecule has 2 amide bonds. The van der Waals surface area contributed by atoms with Gasteiger partial charge < -0.3 is 25.2 Å². The molecule has 3 aromatic carbocycles. The summed E-state index contributed by atoms with van der Waals surface area (Å²) in [4.78, 5) is 38.3. The highest BCUT2D eigenvalue weighted by atomic mass is 32.2. The fourth-order valence-electron chi connectivity index (χ4n) is 4.48. The summed E-state index contributed by atoms with van der Waals surface area (Å²) >= 11 is 5.98. The first-order valence-corrected chi connectivity index (χ1v) is 15.1. The number of hydrogen-bond acceptors (Lipinski definition) is 9. The number of nitrogens with zero attached hydrogens (tertiary/aromatic N) is 4. The minimum absolute atomic E-state index is 0.124. The summed E-state index contributed by atoms with van der Waals surface area (Å²) < 4.78 is 5.43. The Morgan fingerprint density at radius 3 is 2.49 bits per heavy atom. The van der Waals surface area contributed by atoms with Gasteiger partial charge in [0.25, 0.3) is 5.91 Å². The number of methoxy groups -OCH3 is 1. The molecule has 1 aliphatic heterocycles. The van der Waals surface area contributed by atoms with Crippen LogP contribution in [0, 0.1) is 0 Å². The molecule has 1 heterocycles. The monoisotopic (exact) mass is 618 g/mol. The predicted octanol–water partition coefficient (Wildman–Crippen LogP) is 6.05. The second-order valence-corrected chi connectivity index (χ2v) is 11.7. The number of anilines is 3. The molecule has 9 nitrogen and oxygen atoms in total. The number of nitrogens with one attached hydrogen (secondary N) is 2. The van der Waals surface area contributed by atoms with Gasteiger partial charge in [0.2, 0.25) is 5.91 Å². The first kappa shape index (κ1) is 32.0. The highest BCUT2D eigenvalue weighted by Gasteiger charge is 2.36. The van der Waals surface area contributed by atoms with E-state index in [1.165, 1.54) is 11.8 Å². The molecule has 3 aromatic rings. The van der Waals surface area contributed by atoms with E-state index in [9.17, 15) is 9.59 Å². The number of hydrogen-bond donors (Lipinski definition) is 3. The van der Waals surface area contributed by atoms with Gasteiger partial charge in [-0.2, -0.15) is 0 Å². The van der Waals surface area contributed by atoms with E-state index in [-0.39, 0.29) is 18.4 Å². The average molecular weight is 619 g/mol. The summed E-state index contributed by atoms with van der Waals surface area (Å²) in [6, 6.07) is 21.0. The van der Waals surface area contributed by atoms with E-state index in [0.29, 0.717) is 40.3 Å². The first-order chi connectivity index (χ1) is 20.6. The molecule has 0 radical (unpaired) electrons. The molecule has 0 aromatic heterocycles. The van der Waals surface area contributed by atoms with Gasteiger partial charge in [-0.3, -0.25) is 14.5 Å². The number of carbonyl (C=O) groups is 2. The van der Waals surface area contributed by atoms with Crippen molar-refractivity contribution in [1.82, 2.24) is 9.80 Å². The van der Waals surface area contributed by atoms with E-state index in [1.54, 1.807) is 16.9 Å². The lowest BCUT2D eigenvalue weighted by atomic mass is 10.2. The summed E-state index contributed by atoms with van der Waals surface area (Å²) in [5.41, 5.74) is 4.61. The molecule has 226 valence electrons. The second-order valence-electron chi connectivity index (χ2n) is 10.2. The zero-order valence-corrected chi connectivity index (χ0v) is 27.1. The zero-order valence-electron chi connectivity index (χ0n) is 25.3. The Morgan fingerprint density at radius 2 is 1.81 bits per heavy atom. The number of thiol groups is 1. The van der Waals surface area contributed by atoms with Gasteiger partial charge in [-0.05, 0) is 75.6 Å². The van der Waals surface area contributed by atoms with Crippen molar-refractivity contribution in [2.24, 2.45) is 4.99 Å². The number of aliphatic imine (C=N–C) groups is 1. The molecular formula is C32H38N6O3S2. The Hall–Kier alpha value is -3.93. The van der Waals surface area contributed by atoms with Gasteiger partial charge in [-0.15, -0.1) is 12.6 Å². The van der Waals surface area contributed by atoms with Gasteiger partial charge >= 0.3 is 0 Å². The van der Waals surface area contributed by atoms with Crippen LogP contribution in [0.1, 0.15) is 19.4 Å². The first-order valence-electron chi connectivity index (χ1n) is 13.9. The third-order valence-corrected chi connectivity index (χ3v) is 8.29. The van der Waals surface area contributed by atoms with Crippen LogP contribution in [0.15, 0.2) is 87.2 Å². The second kappa shape index (κ2) is 14.5. The Bertz CT molecular complexity index is 1540. The maximum atomic E-state index is 14.0. The summed E-state index contributed by atoms with van der Waals surface area (Å²) in [5.74, 6) is 0.436. The fraction of sp³-hybridized carbons (Fsp3) is 0.281. The number of thioether (sulfide) groups is 1. The predicted molar refractivity (Wildman–Crippen MR) is 181 cm³/mol. The zero-order chi connectivity index (χ0) is 31.1. The third kappa shape index (κ3) is 7.92. The summed E-state index contributed by atoms with van der Waals surface area (Å²) in [7, 11) is 7.21. The van der Waals surface area contributed by atoms with Gasteiger partial charge in [0.15, 0.2) is 5.17 Å². The van der Waals surface area contributed by atoms with Crippen LogP contribution >= 0.6 is 24.4 Å². The maximum Gasteiger partial charge on any atom is 0.268 e. The van der Waals surface area contributed by atoms with Gasteiger partial charge in [-0.25, -0.2) is 4.99 Å². The topological polar surface area (TPSA) is 89.5 Å². The number of ether oxygens (including phenoxy) is 1. The van der Waals surface area contributed by atoms with Crippen molar-refractivity contribution in [1.29, 1.82) is 0 Å². The van der Waals surface area contributed by atoms with Gasteiger partial charge in [0, 0.05) is 35.9 Å². The van der Waals surface area contributed by atoms with E-state index in [0.717, 1.165) is 27.5 Å². The minimum Gasteiger partial charge on any atom is -0.497 e. The molecule has 2 N–H and O–H groups in total. The van der Waals surface area contributed by atoms with Crippen LogP contribution in [0.3, 0.4) is 0 Å². The lowest BCUT2D eigenvalue weighted by Gasteiger charge is -2.23. The maximum absolute atomic E-state index is 14.0. The molecule has 11 heteroatoms. The Morgan fingerprint density at radius 1 is 1.07 bits per heavy atom. The molecule has 0 unspecified atom stereocenters. The van der Waals surface area contributed by atoms with E-state index >= 15 is 0 Å². The number of benzene rings is 3. The Labute approximate surface area is 263 Å². The van der Waals surface area contributed by atoms with Crippen LogP contribution in [0.2, 0.25) is 0 Å². The quantitative estimate of drug-likeness (QED) is 0.178. The highest BCUT2D eigenvalue weighted by Crippen LogP contribution is 2.40. The molecule has 0 spiro atoms. The van der Waals surface area contributed by atoms with Crippen molar-refractivity contribution >= 4 is 64.1 Å². The van der Waals surface area contributed by atoms with Crippen LogP contribution in [0.5, 0.6) is 5.75 Å². The minimum atomic E-state index is -0.138. The molecule has 0 bridgehead atoms. The summed E-state index contributed by atoms with van der Waals surface area (Å²) in [6.07, 6.45) is 0. The average Bonchev–Trinajstić information content (AvgIpc) is 3.28. The largest absolute Gasteiger partial charge is 0.497 e. The number of rotatable bonds is 11. The van der Waals surface area contributed by atoms with Crippen molar-refractivity contribution in [3.8, 4) is 5.75 Å². The normalized spacial score (nSPS) is 15.2. The van der Waals surface area contributed by atoms with Gasteiger partial charge in [0.05, 0.1) is 42.2 Å². The van der Waals surface area contributed by atoms with Crippen molar-refractivity contribution in [2.45, 2.75) is 25.3 Å². The van der Waals surface area contributed by atoms with Crippen LogP contribution < -0.4 is 20.3 Å². The van der Waals surface area contributed by atoms with Crippen LogP contribution in [-0.2, 0) is 16.1 Å². The number of amides is 2. The number of allylic oxidation sites excluding steroid dienone is 1. The van der Waals surface area contributed by atoms with E-state index in [2.05, 4.69) is 23.3 Å². The lowest BCUT2D eigenvalue weighted by molar-refractivity contribution is -0.122. The summed E-state index contributed by atoms with van der Waals surface area (Å²) in [6.45, 7) is 5.23. The molecular weight excluding hydrogens is 581 g/mol. The van der Waals surface area contributed by atoms with Crippen LogP contribution in [-0.4, -0.2) is 68.1 Å². The van der Waals surface area contributed by atoms with Crippen molar-refractivity contribution in [2.75, 3.05) is 56.9 Å². The van der Waals surface area contributed by atoms with Crippen molar-refractivity contribution < 1.29 is 14.3 Å². The standard InChI is InChI=1S/C32H38N6O3S2/c1-7-33-25-15-13-23(34-29(39)20-36(3)4)17-26(25)35-32-38(19-22-11-9-8-10-12-22)31(40)30(43-32)21(2)37(5)27-18-24(41-6)14-16-28(27)42/h8-18,33,42H,7,19-20H2,1-6H3,(H,34,39)/b30-21+,35-32?. The van der Waals surface area contributed by atoms with Gasteiger partial charge in [0.1, 0.15) is 5.75 Å². The van der Waals surface area contributed by atoms with Crippen molar-refractivity contribution in [3.63, 3.8) is 0 Å². The molecule has 4 rings (SSSR count). The molecule has 0 atom stereocenters. The number of likely N-dealkylation sites (N-methyl/N-ethyl adjacent to an activating group) is 1. The number of amidine groups is 1.